The Balaban J connectivity index is 1.27. The second-order valence-corrected chi connectivity index (χ2v) is 14.2. The molecular weight excluding hydrogens is 562 g/mol. The molecule has 3 aromatic heterocycles. The van der Waals surface area contributed by atoms with Gasteiger partial charge in [-0.3, -0.25) is 4.68 Å². The van der Waals surface area contributed by atoms with Gasteiger partial charge in [0.2, 0.25) is 0 Å². The summed E-state index contributed by atoms with van der Waals surface area (Å²) < 4.78 is 25.5. The van der Waals surface area contributed by atoms with Crippen molar-refractivity contribution in [3.8, 4) is 11.4 Å². The minimum Gasteiger partial charge on any atom is -0.393 e. The first-order chi connectivity index (χ1) is 19.5. The van der Waals surface area contributed by atoms with Crippen molar-refractivity contribution < 1.29 is 13.5 Å². The van der Waals surface area contributed by atoms with Gasteiger partial charge < -0.3 is 15.3 Å². The molecule has 6 rings (SSSR count). The maximum Gasteiger partial charge on any atom is 0.166 e. The van der Waals surface area contributed by atoms with E-state index in [0.29, 0.717) is 53.5 Å². The van der Waals surface area contributed by atoms with Gasteiger partial charge in [0.05, 0.1) is 23.5 Å². The fourth-order valence-corrected chi connectivity index (χ4v) is 7.21. The molecule has 0 bridgehead atoms. The summed E-state index contributed by atoms with van der Waals surface area (Å²) in [5, 5.41) is 19.8. The van der Waals surface area contributed by atoms with Crippen molar-refractivity contribution in [3.63, 3.8) is 0 Å². The van der Waals surface area contributed by atoms with Crippen LogP contribution in [-0.4, -0.2) is 69.0 Å². The van der Waals surface area contributed by atoms with Crippen molar-refractivity contribution in [3.05, 3.63) is 53.6 Å². The summed E-state index contributed by atoms with van der Waals surface area (Å²) in [6, 6.07) is 8.36. The molecule has 216 valence electrons. The SMILES string of the molecule is CC(C)c1ccc(N2C[C@H](CS(C)(=O)=O)[C@H]2C)c2cnc(Nc3ccnc(-c4cn(C5CC(O)C5)nc4Cl)n3)cc12. The fraction of sp³-hybridized carbons (Fsp3) is 0.448. The van der Waals surface area contributed by atoms with Gasteiger partial charge in [-0.05, 0) is 54.8 Å². The summed E-state index contributed by atoms with van der Waals surface area (Å²) >= 11 is 6.43. The van der Waals surface area contributed by atoms with Crippen molar-refractivity contribution in [2.24, 2.45) is 5.92 Å². The molecule has 0 spiro atoms. The molecule has 2 fully saturated rings. The Morgan fingerprint density at radius 1 is 1.15 bits per heavy atom. The molecule has 1 aliphatic heterocycles. The average molecular weight is 596 g/mol. The van der Waals surface area contributed by atoms with Crippen LogP contribution in [0.4, 0.5) is 17.3 Å². The molecule has 2 atom stereocenters. The second kappa shape index (κ2) is 10.5. The lowest BCUT2D eigenvalue weighted by molar-refractivity contribution is 0.0434. The minimum atomic E-state index is -3.02. The highest BCUT2D eigenvalue weighted by atomic mass is 35.5. The third-order valence-electron chi connectivity index (χ3n) is 8.27. The summed E-state index contributed by atoms with van der Waals surface area (Å²) in [6.45, 7) is 7.13. The van der Waals surface area contributed by atoms with Crippen molar-refractivity contribution in [2.75, 3.05) is 28.8 Å². The van der Waals surface area contributed by atoms with E-state index >= 15 is 0 Å². The van der Waals surface area contributed by atoms with Gasteiger partial charge in [0.1, 0.15) is 21.5 Å². The molecule has 41 heavy (non-hydrogen) atoms. The lowest BCUT2D eigenvalue weighted by Crippen LogP contribution is -2.57. The van der Waals surface area contributed by atoms with Crippen LogP contribution in [0.25, 0.3) is 22.2 Å². The lowest BCUT2D eigenvalue weighted by Gasteiger charge is -2.48. The van der Waals surface area contributed by atoms with Crippen LogP contribution in [-0.2, 0) is 9.84 Å². The second-order valence-electron chi connectivity index (χ2n) is 11.7. The van der Waals surface area contributed by atoms with E-state index in [4.69, 9.17) is 16.6 Å². The Hall–Kier alpha value is -3.28. The van der Waals surface area contributed by atoms with Gasteiger partial charge in [0.25, 0.3) is 0 Å². The number of benzene rings is 1. The third kappa shape index (κ3) is 5.50. The smallest absolute Gasteiger partial charge is 0.166 e. The van der Waals surface area contributed by atoms with Crippen molar-refractivity contribution >= 4 is 49.5 Å². The minimum absolute atomic E-state index is 0.117. The van der Waals surface area contributed by atoms with Gasteiger partial charge in [0, 0.05) is 54.4 Å². The quantitative estimate of drug-likeness (QED) is 0.290. The van der Waals surface area contributed by atoms with E-state index < -0.39 is 9.84 Å². The zero-order valence-corrected chi connectivity index (χ0v) is 25.1. The number of rotatable bonds is 8. The third-order valence-corrected chi connectivity index (χ3v) is 9.58. The number of anilines is 3. The van der Waals surface area contributed by atoms with E-state index in [9.17, 15) is 13.5 Å². The Labute approximate surface area is 244 Å². The van der Waals surface area contributed by atoms with Crippen LogP contribution in [0.3, 0.4) is 0 Å². The molecule has 10 nitrogen and oxygen atoms in total. The number of aromatic nitrogens is 5. The molecule has 1 saturated heterocycles. The number of pyridine rings is 1. The summed E-state index contributed by atoms with van der Waals surface area (Å²) in [5.74, 6) is 2.30. The van der Waals surface area contributed by atoms with E-state index in [0.717, 1.165) is 16.5 Å². The number of aliphatic hydroxyl groups excluding tert-OH is 1. The number of fused-ring (bicyclic) bond motifs is 1. The first-order valence-corrected chi connectivity index (χ1v) is 16.3. The van der Waals surface area contributed by atoms with Gasteiger partial charge in [0.15, 0.2) is 11.0 Å². The predicted octanol–water partition coefficient (Wildman–Crippen LogP) is 4.97. The van der Waals surface area contributed by atoms with E-state index in [1.165, 1.54) is 11.8 Å². The van der Waals surface area contributed by atoms with Crippen LogP contribution in [0.1, 0.15) is 51.1 Å². The highest BCUT2D eigenvalue weighted by molar-refractivity contribution is 7.90. The first kappa shape index (κ1) is 27.9. The Kier molecular flexibility index (Phi) is 7.15. The molecule has 4 aromatic rings. The molecular formula is C29H34ClN7O3S. The lowest BCUT2D eigenvalue weighted by atomic mass is 9.88. The average Bonchev–Trinajstić information content (AvgIpc) is 3.28. The van der Waals surface area contributed by atoms with Crippen LogP contribution < -0.4 is 10.2 Å². The predicted molar refractivity (Wildman–Crippen MR) is 162 cm³/mol. The summed E-state index contributed by atoms with van der Waals surface area (Å²) in [4.78, 5) is 16.1. The van der Waals surface area contributed by atoms with E-state index in [-0.39, 0.29) is 29.9 Å². The molecule has 0 amide bonds. The maximum atomic E-state index is 11.9. The summed E-state index contributed by atoms with van der Waals surface area (Å²) in [5.41, 5.74) is 2.90. The van der Waals surface area contributed by atoms with E-state index in [1.807, 2.05) is 18.5 Å². The highest BCUT2D eigenvalue weighted by Crippen LogP contribution is 2.40. The maximum absolute atomic E-state index is 11.9. The first-order valence-electron chi connectivity index (χ1n) is 13.9. The number of hydrogen-bond donors (Lipinski definition) is 2. The van der Waals surface area contributed by atoms with Gasteiger partial charge in [-0.25, -0.2) is 23.4 Å². The van der Waals surface area contributed by atoms with Gasteiger partial charge in [-0.1, -0.05) is 31.5 Å². The van der Waals surface area contributed by atoms with Crippen LogP contribution >= 0.6 is 11.6 Å². The molecule has 4 heterocycles. The highest BCUT2D eigenvalue weighted by Gasteiger charge is 2.38. The molecule has 1 aromatic carbocycles. The molecule has 12 heteroatoms. The zero-order valence-electron chi connectivity index (χ0n) is 23.5. The van der Waals surface area contributed by atoms with Crippen LogP contribution in [0.2, 0.25) is 5.15 Å². The Bertz CT molecular complexity index is 1720. The fourth-order valence-electron chi connectivity index (χ4n) is 5.83. The molecule has 1 aliphatic carbocycles. The normalized spacial score (nSPS) is 22.6. The number of nitrogens with zero attached hydrogens (tertiary/aromatic N) is 6. The number of sulfone groups is 1. The molecule has 0 unspecified atom stereocenters. The van der Waals surface area contributed by atoms with Crippen LogP contribution in [0.15, 0.2) is 42.9 Å². The van der Waals surface area contributed by atoms with Gasteiger partial charge in [-0.2, -0.15) is 5.10 Å². The van der Waals surface area contributed by atoms with Crippen LogP contribution in [0.5, 0.6) is 0 Å². The number of aliphatic hydroxyl groups is 1. The molecule has 0 radical (unpaired) electrons. The molecule has 2 N–H and O–H groups in total. The van der Waals surface area contributed by atoms with Crippen molar-refractivity contribution in [2.45, 2.75) is 57.7 Å². The van der Waals surface area contributed by atoms with E-state index in [1.54, 1.807) is 16.9 Å². The summed E-state index contributed by atoms with van der Waals surface area (Å²) in [7, 11) is -3.02. The number of hydrogen-bond acceptors (Lipinski definition) is 9. The molecule has 1 saturated carbocycles. The Morgan fingerprint density at radius 2 is 1.93 bits per heavy atom. The molecule has 2 aliphatic rings. The van der Waals surface area contributed by atoms with Crippen molar-refractivity contribution in [1.82, 2.24) is 24.7 Å². The van der Waals surface area contributed by atoms with Crippen LogP contribution in [0, 0.1) is 5.92 Å². The number of halogens is 1. The topological polar surface area (TPSA) is 126 Å². The van der Waals surface area contributed by atoms with Gasteiger partial charge in [-0.15, -0.1) is 0 Å². The van der Waals surface area contributed by atoms with Gasteiger partial charge >= 0.3 is 0 Å². The van der Waals surface area contributed by atoms with E-state index in [2.05, 4.69) is 58.2 Å². The standard InChI is InChI=1S/C29H34ClN7O3S/c1-16(2)21-5-6-25(36-13-18(17(36)3)15-41(4,39)40)23-12-32-27(11-22(21)23)33-26-7-8-31-29(34-26)24-14-37(35-28(24)30)19-9-20(38)10-19/h5-8,11-12,14,16-20,38H,9-10,13,15H2,1-4H3,(H,31,32,33,34)/t17-,18-,19?,20?/m1/s1. The van der Waals surface area contributed by atoms with Crippen molar-refractivity contribution in [1.29, 1.82) is 0 Å². The summed E-state index contributed by atoms with van der Waals surface area (Å²) in [6.07, 6.45) is 7.71. The number of nitrogens with one attached hydrogen (secondary N) is 1. The zero-order chi connectivity index (χ0) is 29.1. The monoisotopic (exact) mass is 595 g/mol. The largest absolute Gasteiger partial charge is 0.393 e. The Morgan fingerprint density at radius 3 is 2.61 bits per heavy atom.